The Kier molecular flexibility index (Phi) is 5.35. The van der Waals surface area contributed by atoms with Crippen LogP contribution in [0.25, 0.3) is 0 Å². The zero-order chi connectivity index (χ0) is 16.4. The van der Waals surface area contributed by atoms with E-state index >= 15 is 0 Å². The van der Waals surface area contributed by atoms with Crippen LogP contribution in [0.1, 0.15) is 40.2 Å². The van der Waals surface area contributed by atoms with E-state index in [-0.39, 0.29) is 23.8 Å². The molecule has 1 heterocycles. The second-order valence-corrected chi connectivity index (χ2v) is 6.95. The maximum Gasteiger partial charge on any atom is 0.330 e. The standard InChI is InChI=1S/C14H26N2O4Si/c1-9-7-16(12(18)15-11(9)17)8-19-10(2)14(6,20-21)13(3,4)5/h7,10H,8H2,1-6,21H3,(H,15,17,18). The number of H-pyrrole nitrogens is 1. The van der Waals surface area contributed by atoms with Crippen molar-refractivity contribution in [3.63, 3.8) is 0 Å². The van der Waals surface area contributed by atoms with E-state index in [1.54, 1.807) is 6.92 Å². The van der Waals surface area contributed by atoms with Crippen LogP contribution in [0.4, 0.5) is 0 Å². The van der Waals surface area contributed by atoms with Crippen molar-refractivity contribution in [3.8, 4) is 0 Å². The number of rotatable bonds is 5. The molecule has 0 aliphatic heterocycles. The van der Waals surface area contributed by atoms with Crippen LogP contribution in [0.15, 0.2) is 15.8 Å². The van der Waals surface area contributed by atoms with E-state index in [0.717, 1.165) is 0 Å². The van der Waals surface area contributed by atoms with Crippen molar-refractivity contribution in [2.75, 3.05) is 0 Å². The number of aryl methyl sites for hydroxylation is 1. The van der Waals surface area contributed by atoms with E-state index in [4.69, 9.17) is 9.16 Å². The van der Waals surface area contributed by atoms with E-state index in [1.807, 2.05) is 13.8 Å². The molecule has 21 heavy (non-hydrogen) atoms. The molecule has 0 amide bonds. The highest BCUT2D eigenvalue weighted by Crippen LogP contribution is 2.37. The third-order valence-electron chi connectivity index (χ3n) is 4.34. The zero-order valence-electron chi connectivity index (χ0n) is 13.9. The highest BCUT2D eigenvalue weighted by Gasteiger charge is 2.42. The van der Waals surface area contributed by atoms with E-state index in [9.17, 15) is 9.59 Å². The van der Waals surface area contributed by atoms with Crippen LogP contribution in [0.2, 0.25) is 0 Å². The maximum atomic E-state index is 11.7. The minimum atomic E-state index is -0.470. The number of aromatic nitrogens is 2. The largest absolute Gasteiger partial charge is 0.420 e. The van der Waals surface area contributed by atoms with Gasteiger partial charge < -0.3 is 9.16 Å². The first kappa shape index (κ1) is 17.9. The van der Waals surface area contributed by atoms with Crippen LogP contribution < -0.4 is 11.2 Å². The Bertz CT molecular complexity index is 602. The number of nitrogens with one attached hydrogen (secondary N) is 1. The maximum absolute atomic E-state index is 11.7. The Hall–Kier alpha value is -1.18. The number of nitrogens with zero attached hydrogens (tertiary/aromatic N) is 1. The molecule has 0 saturated carbocycles. The third-order valence-corrected chi connectivity index (χ3v) is 5.19. The topological polar surface area (TPSA) is 73.3 Å². The molecule has 1 rings (SSSR count). The Morgan fingerprint density at radius 1 is 1.33 bits per heavy atom. The van der Waals surface area contributed by atoms with Gasteiger partial charge in [-0.1, -0.05) is 20.8 Å². The van der Waals surface area contributed by atoms with Crippen molar-refractivity contribution in [3.05, 3.63) is 32.6 Å². The number of aromatic amines is 1. The summed E-state index contributed by atoms with van der Waals surface area (Å²) in [5.41, 5.74) is -0.905. The molecular formula is C14H26N2O4Si. The summed E-state index contributed by atoms with van der Waals surface area (Å²) in [6, 6.07) is 0. The number of ether oxygens (including phenoxy) is 1. The summed E-state index contributed by atoms with van der Waals surface area (Å²) >= 11 is 0. The average Bonchev–Trinajstić information content (AvgIpc) is 2.38. The van der Waals surface area contributed by atoms with Gasteiger partial charge in [0.05, 0.1) is 11.7 Å². The van der Waals surface area contributed by atoms with Gasteiger partial charge in [-0.25, -0.2) is 4.79 Å². The molecule has 0 bridgehead atoms. The molecule has 1 aromatic rings. The molecule has 1 aromatic heterocycles. The van der Waals surface area contributed by atoms with Crippen LogP contribution in [-0.2, 0) is 15.9 Å². The zero-order valence-corrected chi connectivity index (χ0v) is 15.9. The van der Waals surface area contributed by atoms with Crippen LogP contribution in [0.5, 0.6) is 0 Å². The first-order chi connectivity index (χ1) is 9.52. The van der Waals surface area contributed by atoms with Gasteiger partial charge in [0.15, 0.2) is 0 Å². The predicted molar refractivity (Wildman–Crippen MR) is 85.5 cm³/mol. The molecule has 7 heteroatoms. The van der Waals surface area contributed by atoms with E-state index in [2.05, 4.69) is 25.8 Å². The van der Waals surface area contributed by atoms with Crippen molar-refractivity contribution < 1.29 is 9.16 Å². The Balaban J connectivity index is 2.91. The fraction of sp³-hybridized carbons (Fsp3) is 0.714. The molecule has 0 aromatic carbocycles. The quantitative estimate of drug-likeness (QED) is 0.794. The molecule has 0 saturated heterocycles. The Morgan fingerprint density at radius 3 is 2.38 bits per heavy atom. The van der Waals surface area contributed by atoms with E-state index in [1.165, 1.54) is 10.8 Å². The minimum Gasteiger partial charge on any atom is -0.420 e. The van der Waals surface area contributed by atoms with Crippen LogP contribution in [0, 0.1) is 12.3 Å². The lowest BCUT2D eigenvalue weighted by atomic mass is 9.75. The number of hydrogen-bond donors (Lipinski definition) is 1. The first-order valence-electron chi connectivity index (χ1n) is 7.00. The normalized spacial score (nSPS) is 16.7. The van der Waals surface area contributed by atoms with Gasteiger partial charge in [0.2, 0.25) is 0 Å². The van der Waals surface area contributed by atoms with Gasteiger partial charge in [-0.3, -0.25) is 14.3 Å². The lowest BCUT2D eigenvalue weighted by Crippen LogP contribution is -2.52. The molecule has 0 aliphatic rings. The van der Waals surface area contributed by atoms with Gasteiger partial charge in [-0.05, 0) is 26.2 Å². The Labute approximate surface area is 128 Å². The van der Waals surface area contributed by atoms with Crippen molar-refractivity contribution in [2.24, 2.45) is 5.41 Å². The van der Waals surface area contributed by atoms with Crippen LogP contribution >= 0.6 is 0 Å². The average molecular weight is 314 g/mol. The molecule has 2 atom stereocenters. The third kappa shape index (κ3) is 3.72. The van der Waals surface area contributed by atoms with Crippen molar-refractivity contribution >= 4 is 10.5 Å². The second-order valence-electron chi connectivity index (χ2n) is 6.54. The monoisotopic (exact) mass is 314 g/mol. The van der Waals surface area contributed by atoms with Gasteiger partial charge in [0, 0.05) is 11.8 Å². The Morgan fingerprint density at radius 2 is 1.90 bits per heavy atom. The first-order valence-corrected chi connectivity index (χ1v) is 7.81. The number of hydrogen-bond acceptors (Lipinski definition) is 4. The summed E-state index contributed by atoms with van der Waals surface area (Å²) < 4.78 is 13.0. The van der Waals surface area contributed by atoms with Crippen molar-refractivity contribution in [1.82, 2.24) is 9.55 Å². The van der Waals surface area contributed by atoms with Crippen LogP contribution in [0.3, 0.4) is 0 Å². The smallest absolute Gasteiger partial charge is 0.330 e. The summed E-state index contributed by atoms with van der Waals surface area (Å²) in [6.07, 6.45) is 1.30. The molecule has 0 aliphatic carbocycles. The highest BCUT2D eigenvalue weighted by atomic mass is 28.2. The van der Waals surface area contributed by atoms with Gasteiger partial charge in [0.1, 0.15) is 17.2 Å². The van der Waals surface area contributed by atoms with Gasteiger partial charge >= 0.3 is 5.69 Å². The molecule has 120 valence electrons. The summed E-state index contributed by atoms with van der Waals surface area (Å²) in [5, 5.41) is 0. The molecule has 0 fully saturated rings. The summed E-state index contributed by atoms with van der Waals surface area (Å²) in [7, 11) is 0.602. The fourth-order valence-electron chi connectivity index (χ4n) is 2.15. The summed E-state index contributed by atoms with van der Waals surface area (Å²) in [6.45, 7) is 12.0. The minimum absolute atomic E-state index is 0.0776. The predicted octanol–water partition coefficient (Wildman–Crippen LogP) is 0.309. The molecule has 1 N–H and O–H groups in total. The molecule has 0 radical (unpaired) electrons. The van der Waals surface area contributed by atoms with Gasteiger partial charge in [-0.15, -0.1) is 0 Å². The van der Waals surface area contributed by atoms with Gasteiger partial charge in [-0.2, -0.15) is 0 Å². The highest BCUT2D eigenvalue weighted by molar-refractivity contribution is 5.98. The molecule has 0 spiro atoms. The lowest BCUT2D eigenvalue weighted by Gasteiger charge is -2.45. The second kappa shape index (κ2) is 6.29. The molecule has 2 unspecified atom stereocenters. The van der Waals surface area contributed by atoms with Crippen molar-refractivity contribution in [2.45, 2.75) is 60.0 Å². The molecular weight excluding hydrogens is 288 g/mol. The fourth-order valence-corrected chi connectivity index (χ4v) is 3.09. The summed E-state index contributed by atoms with van der Waals surface area (Å²) in [5.74, 6) is 0. The van der Waals surface area contributed by atoms with E-state index in [0.29, 0.717) is 16.0 Å². The van der Waals surface area contributed by atoms with Gasteiger partial charge in [0.25, 0.3) is 5.56 Å². The summed E-state index contributed by atoms with van der Waals surface area (Å²) in [4.78, 5) is 25.3. The lowest BCUT2D eigenvalue weighted by molar-refractivity contribution is -0.142. The SMILES string of the molecule is Cc1cn(COC(C)C(C)(O[SiH3])C(C)(C)C)c(=O)[nH]c1=O. The van der Waals surface area contributed by atoms with E-state index < -0.39 is 11.3 Å². The van der Waals surface area contributed by atoms with Crippen LogP contribution in [-0.4, -0.2) is 31.7 Å². The molecule has 6 nitrogen and oxygen atoms in total. The van der Waals surface area contributed by atoms with Crippen molar-refractivity contribution in [1.29, 1.82) is 0 Å².